The molecule has 0 saturated carbocycles. The van der Waals surface area contributed by atoms with Gasteiger partial charge in [-0.1, -0.05) is 0 Å². The Morgan fingerprint density at radius 1 is 1.22 bits per heavy atom. The second kappa shape index (κ2) is 7.59. The molecule has 0 spiro atoms. The van der Waals surface area contributed by atoms with E-state index >= 15 is 0 Å². The predicted octanol–water partition coefficient (Wildman–Crippen LogP) is 4.17. The van der Waals surface area contributed by atoms with E-state index in [1.165, 1.54) is 4.88 Å². The zero-order chi connectivity index (χ0) is 16.2. The summed E-state index contributed by atoms with van der Waals surface area (Å²) >= 11 is 6.82. The van der Waals surface area contributed by atoms with Gasteiger partial charge in [0.2, 0.25) is 5.91 Å². The van der Waals surface area contributed by atoms with Gasteiger partial charge in [-0.25, -0.2) is 0 Å². The highest BCUT2D eigenvalue weighted by molar-refractivity contribution is 9.11. The van der Waals surface area contributed by atoms with Crippen LogP contribution in [0, 0.1) is 0 Å². The molecule has 1 aromatic heterocycles. The molecule has 122 valence electrons. The lowest BCUT2D eigenvalue weighted by Crippen LogP contribution is -2.32. The van der Waals surface area contributed by atoms with Crippen LogP contribution >= 0.6 is 39.0 Å². The molecule has 7 heteroatoms. The number of amides is 1. The van der Waals surface area contributed by atoms with Gasteiger partial charge >= 0.3 is 0 Å². The molecule has 1 unspecified atom stereocenters. The standard InChI is InChI=1S/C16H16BrNO3S2/c1-20-11-2-4-12(5-3-11)21-9-8-18-15(19)10-22-16(18)13-6-7-14(17)23-13/h2-7,16H,8-10H2,1H3. The molecular weight excluding hydrogens is 398 g/mol. The smallest absolute Gasteiger partial charge is 0.233 e. The maximum absolute atomic E-state index is 12.1. The molecule has 4 nitrogen and oxygen atoms in total. The number of thioether (sulfide) groups is 1. The Labute approximate surface area is 151 Å². The fourth-order valence-corrected chi connectivity index (χ4v) is 5.21. The van der Waals surface area contributed by atoms with Crippen molar-refractivity contribution in [1.29, 1.82) is 0 Å². The Balaban J connectivity index is 1.58. The van der Waals surface area contributed by atoms with E-state index in [1.54, 1.807) is 30.2 Å². The van der Waals surface area contributed by atoms with Crippen LogP contribution in [0.25, 0.3) is 0 Å². The fraction of sp³-hybridized carbons (Fsp3) is 0.312. The number of carbonyl (C=O) groups excluding carboxylic acids is 1. The monoisotopic (exact) mass is 413 g/mol. The molecule has 0 aliphatic carbocycles. The van der Waals surface area contributed by atoms with Crippen molar-refractivity contribution in [2.75, 3.05) is 26.0 Å². The minimum atomic E-state index is 0.0956. The van der Waals surface area contributed by atoms with Crippen LogP contribution in [-0.2, 0) is 4.79 Å². The highest BCUT2D eigenvalue weighted by atomic mass is 79.9. The van der Waals surface area contributed by atoms with E-state index in [0.717, 1.165) is 15.3 Å². The summed E-state index contributed by atoms with van der Waals surface area (Å²) in [7, 11) is 1.63. The van der Waals surface area contributed by atoms with Crippen molar-refractivity contribution < 1.29 is 14.3 Å². The lowest BCUT2D eigenvalue weighted by molar-refractivity contribution is -0.128. The first-order chi connectivity index (χ1) is 11.2. The van der Waals surface area contributed by atoms with Crippen LogP contribution in [0.15, 0.2) is 40.2 Å². The largest absolute Gasteiger partial charge is 0.497 e. The third-order valence-electron chi connectivity index (χ3n) is 3.47. The molecule has 1 atom stereocenters. The van der Waals surface area contributed by atoms with Crippen molar-refractivity contribution in [2.24, 2.45) is 0 Å². The quantitative estimate of drug-likeness (QED) is 0.711. The summed E-state index contributed by atoms with van der Waals surface area (Å²) in [4.78, 5) is 15.2. The van der Waals surface area contributed by atoms with E-state index in [2.05, 4.69) is 22.0 Å². The van der Waals surface area contributed by atoms with E-state index in [9.17, 15) is 4.79 Å². The van der Waals surface area contributed by atoms with E-state index in [1.807, 2.05) is 35.2 Å². The molecule has 0 bridgehead atoms. The molecule has 0 radical (unpaired) electrons. The third-order valence-corrected chi connectivity index (χ3v) is 6.53. The topological polar surface area (TPSA) is 38.8 Å². The van der Waals surface area contributed by atoms with Crippen molar-refractivity contribution in [3.05, 3.63) is 45.1 Å². The van der Waals surface area contributed by atoms with E-state index in [-0.39, 0.29) is 11.3 Å². The van der Waals surface area contributed by atoms with E-state index in [0.29, 0.717) is 18.9 Å². The normalized spacial score (nSPS) is 17.6. The Kier molecular flexibility index (Phi) is 5.50. The number of benzene rings is 1. The van der Waals surface area contributed by atoms with Gasteiger partial charge in [0, 0.05) is 4.88 Å². The van der Waals surface area contributed by atoms with Gasteiger partial charge in [0.05, 0.1) is 23.2 Å². The van der Waals surface area contributed by atoms with Gasteiger partial charge in [0.25, 0.3) is 0 Å². The molecule has 3 rings (SSSR count). The average Bonchev–Trinajstić information content (AvgIpc) is 3.14. The maximum atomic E-state index is 12.1. The molecule has 1 fully saturated rings. The summed E-state index contributed by atoms with van der Waals surface area (Å²) in [5, 5.41) is 0.0956. The van der Waals surface area contributed by atoms with Crippen LogP contribution in [0.3, 0.4) is 0 Å². The number of hydrogen-bond donors (Lipinski definition) is 0. The number of methoxy groups -OCH3 is 1. The van der Waals surface area contributed by atoms with Crippen molar-refractivity contribution >= 4 is 44.9 Å². The molecular formula is C16H16BrNO3S2. The van der Waals surface area contributed by atoms with Crippen LogP contribution in [0.1, 0.15) is 10.3 Å². The molecule has 2 heterocycles. The lowest BCUT2D eigenvalue weighted by Gasteiger charge is -2.23. The zero-order valence-corrected chi connectivity index (χ0v) is 15.7. The summed E-state index contributed by atoms with van der Waals surface area (Å²) in [6.45, 7) is 1.06. The van der Waals surface area contributed by atoms with Gasteiger partial charge in [-0.3, -0.25) is 4.79 Å². The number of hydrogen-bond acceptors (Lipinski definition) is 5. The van der Waals surface area contributed by atoms with Crippen molar-refractivity contribution in [2.45, 2.75) is 5.37 Å². The van der Waals surface area contributed by atoms with E-state index in [4.69, 9.17) is 9.47 Å². The second-order valence-corrected chi connectivity index (χ2v) is 8.48. The number of carbonyl (C=O) groups is 1. The predicted molar refractivity (Wildman–Crippen MR) is 97.4 cm³/mol. The summed E-state index contributed by atoms with van der Waals surface area (Å²) in [5.41, 5.74) is 0. The van der Waals surface area contributed by atoms with Crippen molar-refractivity contribution in [3.8, 4) is 11.5 Å². The molecule has 23 heavy (non-hydrogen) atoms. The molecule has 1 amide bonds. The van der Waals surface area contributed by atoms with Crippen LogP contribution < -0.4 is 9.47 Å². The highest BCUT2D eigenvalue weighted by Gasteiger charge is 2.33. The summed E-state index contributed by atoms with van der Waals surface area (Å²) in [6, 6.07) is 11.6. The van der Waals surface area contributed by atoms with Gasteiger partial charge < -0.3 is 14.4 Å². The van der Waals surface area contributed by atoms with Crippen LogP contribution in [0.4, 0.5) is 0 Å². The minimum absolute atomic E-state index is 0.0956. The van der Waals surface area contributed by atoms with E-state index < -0.39 is 0 Å². The van der Waals surface area contributed by atoms with Gasteiger partial charge in [-0.15, -0.1) is 23.1 Å². The molecule has 1 aliphatic rings. The van der Waals surface area contributed by atoms with Crippen molar-refractivity contribution in [3.63, 3.8) is 0 Å². The Hall–Kier alpha value is -1.18. The first-order valence-corrected chi connectivity index (χ1v) is 9.76. The van der Waals surface area contributed by atoms with Gasteiger partial charge in [0.1, 0.15) is 23.5 Å². The van der Waals surface area contributed by atoms with Crippen LogP contribution in [0.2, 0.25) is 0 Å². The number of halogens is 1. The maximum Gasteiger partial charge on any atom is 0.233 e. The average molecular weight is 414 g/mol. The SMILES string of the molecule is COc1ccc(OCCN2C(=O)CSC2c2ccc(Br)s2)cc1. The summed E-state index contributed by atoms with van der Waals surface area (Å²) < 4.78 is 11.9. The highest BCUT2D eigenvalue weighted by Crippen LogP contribution is 2.42. The Morgan fingerprint density at radius 2 is 1.96 bits per heavy atom. The molecule has 1 aromatic carbocycles. The second-order valence-electron chi connectivity index (χ2n) is 4.92. The third kappa shape index (κ3) is 4.02. The molecule has 2 aromatic rings. The number of ether oxygens (including phenoxy) is 2. The van der Waals surface area contributed by atoms with Crippen molar-refractivity contribution in [1.82, 2.24) is 4.90 Å². The van der Waals surface area contributed by atoms with Gasteiger partial charge in [-0.2, -0.15) is 0 Å². The lowest BCUT2D eigenvalue weighted by atomic mass is 10.3. The summed E-state index contributed by atoms with van der Waals surface area (Å²) in [5.74, 6) is 2.28. The van der Waals surface area contributed by atoms with Gasteiger partial charge in [-0.05, 0) is 52.3 Å². The Morgan fingerprint density at radius 3 is 2.61 bits per heavy atom. The Bertz CT molecular complexity index is 674. The van der Waals surface area contributed by atoms with Gasteiger partial charge in [0.15, 0.2) is 0 Å². The van der Waals surface area contributed by atoms with Crippen LogP contribution in [-0.4, -0.2) is 36.8 Å². The minimum Gasteiger partial charge on any atom is -0.497 e. The first-order valence-electron chi connectivity index (χ1n) is 7.10. The molecule has 1 aliphatic heterocycles. The first kappa shape index (κ1) is 16.7. The fourth-order valence-electron chi connectivity index (χ4n) is 2.33. The van der Waals surface area contributed by atoms with Crippen LogP contribution in [0.5, 0.6) is 11.5 Å². The summed E-state index contributed by atoms with van der Waals surface area (Å²) in [6.07, 6.45) is 0. The zero-order valence-electron chi connectivity index (χ0n) is 12.5. The molecule has 1 saturated heterocycles. The number of thiophene rings is 1. The number of nitrogens with zero attached hydrogens (tertiary/aromatic N) is 1. The molecule has 0 N–H and O–H groups in total. The number of rotatable bonds is 6.